The first-order valence-corrected chi connectivity index (χ1v) is 9.71. The number of hydrogen-bond acceptors (Lipinski definition) is 4. The van der Waals surface area contributed by atoms with Crippen LogP contribution in [0.1, 0.15) is 41.6 Å². The van der Waals surface area contributed by atoms with Crippen molar-refractivity contribution in [1.29, 1.82) is 0 Å². The molecular formula is C22H24FNO4. The van der Waals surface area contributed by atoms with Gasteiger partial charge in [0.1, 0.15) is 23.1 Å². The van der Waals surface area contributed by atoms with Crippen molar-refractivity contribution in [2.24, 2.45) is 11.8 Å². The number of benzene rings is 2. The average Bonchev–Trinajstić information content (AvgIpc) is 2.96. The number of hydrogen-bond donors (Lipinski definition) is 2. The Labute approximate surface area is 163 Å². The summed E-state index contributed by atoms with van der Waals surface area (Å²) in [6.45, 7) is 1.85. The van der Waals surface area contributed by atoms with E-state index < -0.39 is 5.82 Å². The molecule has 1 amide bonds. The molecule has 4 rings (SSSR count). The van der Waals surface area contributed by atoms with E-state index in [0.717, 1.165) is 43.9 Å². The van der Waals surface area contributed by atoms with Gasteiger partial charge < -0.3 is 19.8 Å². The lowest BCUT2D eigenvalue weighted by molar-refractivity contribution is 0.0721. The molecule has 0 bridgehead atoms. The van der Waals surface area contributed by atoms with Gasteiger partial charge in [-0.2, -0.15) is 0 Å². The van der Waals surface area contributed by atoms with Crippen molar-refractivity contribution in [2.45, 2.75) is 32.2 Å². The number of ether oxygens (including phenoxy) is 1. The van der Waals surface area contributed by atoms with Crippen LogP contribution in [0, 0.1) is 17.7 Å². The van der Waals surface area contributed by atoms with Crippen molar-refractivity contribution >= 4 is 5.91 Å². The van der Waals surface area contributed by atoms with Crippen LogP contribution < -0.4 is 4.74 Å². The maximum atomic E-state index is 13.3. The Morgan fingerprint density at radius 3 is 2.50 bits per heavy atom. The molecule has 0 aromatic heterocycles. The summed E-state index contributed by atoms with van der Waals surface area (Å²) in [5.74, 6) is 0.685. The van der Waals surface area contributed by atoms with Gasteiger partial charge in [-0.15, -0.1) is 0 Å². The molecule has 2 N–H and O–H groups in total. The summed E-state index contributed by atoms with van der Waals surface area (Å²) < 4.78 is 19.0. The Bertz CT molecular complexity index is 857. The predicted octanol–water partition coefficient (Wildman–Crippen LogP) is 4.08. The van der Waals surface area contributed by atoms with Crippen LogP contribution in [0.5, 0.6) is 17.2 Å². The minimum atomic E-state index is -0.511. The number of rotatable bonds is 5. The van der Waals surface area contributed by atoms with Crippen molar-refractivity contribution in [2.75, 3.05) is 13.2 Å². The molecule has 6 heteroatoms. The zero-order valence-electron chi connectivity index (χ0n) is 15.6. The fourth-order valence-corrected chi connectivity index (χ4v) is 4.23. The summed E-state index contributed by atoms with van der Waals surface area (Å²) in [5.41, 5.74) is 1.59. The summed E-state index contributed by atoms with van der Waals surface area (Å²) in [4.78, 5) is 14.4. The SMILES string of the molecule is O=C1c2cc(O)ccc2CN1C[C@H]1CC[C@H](COc2cc(O)cc(F)c2)CC1. The first-order chi connectivity index (χ1) is 13.5. The summed E-state index contributed by atoms with van der Waals surface area (Å²) >= 11 is 0. The molecule has 2 aromatic carbocycles. The Kier molecular flexibility index (Phi) is 5.11. The lowest BCUT2D eigenvalue weighted by Gasteiger charge is -2.31. The number of carbonyl (C=O) groups excluding carboxylic acids is 1. The van der Waals surface area contributed by atoms with Gasteiger partial charge >= 0.3 is 0 Å². The fourth-order valence-electron chi connectivity index (χ4n) is 4.23. The largest absolute Gasteiger partial charge is 0.508 e. The molecule has 0 atom stereocenters. The maximum Gasteiger partial charge on any atom is 0.254 e. The molecule has 1 aliphatic heterocycles. The highest BCUT2D eigenvalue weighted by molar-refractivity contribution is 5.98. The monoisotopic (exact) mass is 385 g/mol. The van der Waals surface area contributed by atoms with Crippen LogP contribution in [0.25, 0.3) is 0 Å². The van der Waals surface area contributed by atoms with Crippen molar-refractivity contribution in [3.63, 3.8) is 0 Å². The quantitative estimate of drug-likeness (QED) is 0.814. The van der Waals surface area contributed by atoms with Crippen LogP contribution in [-0.4, -0.2) is 34.2 Å². The number of halogens is 1. The van der Waals surface area contributed by atoms with E-state index in [0.29, 0.717) is 36.3 Å². The molecule has 1 saturated carbocycles. The zero-order valence-corrected chi connectivity index (χ0v) is 15.6. The predicted molar refractivity (Wildman–Crippen MR) is 102 cm³/mol. The molecule has 2 aromatic rings. The first kappa shape index (κ1) is 18.6. The lowest BCUT2D eigenvalue weighted by Crippen LogP contribution is -2.32. The number of phenols is 2. The molecule has 0 unspecified atom stereocenters. The molecule has 28 heavy (non-hydrogen) atoms. The van der Waals surface area contributed by atoms with Crippen LogP contribution in [0.4, 0.5) is 4.39 Å². The number of nitrogens with zero attached hydrogens (tertiary/aromatic N) is 1. The topological polar surface area (TPSA) is 70.0 Å². The van der Waals surface area contributed by atoms with Gasteiger partial charge in [-0.25, -0.2) is 4.39 Å². The molecule has 1 fully saturated rings. The highest BCUT2D eigenvalue weighted by atomic mass is 19.1. The number of amides is 1. The standard InChI is InChI=1S/C22H24FNO4/c23-17-7-19(26)9-20(8-17)28-13-15-3-1-14(2-4-15)11-24-12-16-5-6-18(25)10-21(16)22(24)27/h5-10,14-15,25-26H,1-4,11-13H2/t14-,15-. The number of carbonyl (C=O) groups is 1. The van der Waals surface area contributed by atoms with Gasteiger partial charge in [0, 0.05) is 36.9 Å². The first-order valence-electron chi connectivity index (χ1n) is 9.71. The zero-order chi connectivity index (χ0) is 19.7. The third-order valence-corrected chi connectivity index (χ3v) is 5.76. The second kappa shape index (κ2) is 7.70. The van der Waals surface area contributed by atoms with E-state index in [-0.39, 0.29) is 17.4 Å². The van der Waals surface area contributed by atoms with Crippen LogP contribution in [0.2, 0.25) is 0 Å². The second-order valence-corrected chi connectivity index (χ2v) is 7.87. The normalized spacial score (nSPS) is 21.6. The highest BCUT2D eigenvalue weighted by Gasteiger charge is 2.31. The molecule has 0 radical (unpaired) electrons. The van der Waals surface area contributed by atoms with Crippen molar-refractivity contribution in [1.82, 2.24) is 4.90 Å². The Morgan fingerprint density at radius 1 is 1.00 bits per heavy atom. The minimum absolute atomic E-state index is 0.00210. The summed E-state index contributed by atoms with van der Waals surface area (Å²) in [6.07, 6.45) is 4.05. The Morgan fingerprint density at radius 2 is 1.75 bits per heavy atom. The average molecular weight is 385 g/mol. The van der Waals surface area contributed by atoms with Gasteiger partial charge in [-0.3, -0.25) is 4.79 Å². The molecule has 0 saturated heterocycles. The summed E-state index contributed by atoms with van der Waals surface area (Å²) in [7, 11) is 0. The highest BCUT2D eigenvalue weighted by Crippen LogP contribution is 2.33. The molecule has 5 nitrogen and oxygen atoms in total. The molecular weight excluding hydrogens is 361 g/mol. The Hall–Kier alpha value is -2.76. The number of phenolic OH excluding ortho intramolecular Hbond substituents is 2. The van der Waals surface area contributed by atoms with E-state index in [1.54, 1.807) is 12.1 Å². The number of fused-ring (bicyclic) bond motifs is 1. The number of aromatic hydroxyl groups is 2. The van der Waals surface area contributed by atoms with Crippen LogP contribution in [0.3, 0.4) is 0 Å². The Balaban J connectivity index is 1.25. The maximum absolute atomic E-state index is 13.3. The van der Waals surface area contributed by atoms with Crippen LogP contribution in [0.15, 0.2) is 36.4 Å². The summed E-state index contributed by atoms with van der Waals surface area (Å²) in [6, 6.07) is 8.75. The molecule has 1 heterocycles. The van der Waals surface area contributed by atoms with Gasteiger partial charge in [0.05, 0.1) is 6.61 Å². The molecule has 2 aliphatic rings. The third kappa shape index (κ3) is 4.06. The second-order valence-electron chi connectivity index (χ2n) is 7.87. The molecule has 148 valence electrons. The smallest absolute Gasteiger partial charge is 0.254 e. The van der Waals surface area contributed by atoms with Gasteiger partial charge in [0.25, 0.3) is 5.91 Å². The van der Waals surface area contributed by atoms with Crippen LogP contribution >= 0.6 is 0 Å². The van der Waals surface area contributed by atoms with Gasteiger partial charge in [-0.1, -0.05) is 6.07 Å². The van der Waals surface area contributed by atoms with Gasteiger partial charge in [0.2, 0.25) is 0 Å². The fraction of sp³-hybridized carbons (Fsp3) is 0.409. The molecule has 0 spiro atoms. The third-order valence-electron chi connectivity index (χ3n) is 5.76. The van der Waals surface area contributed by atoms with Gasteiger partial charge in [0.15, 0.2) is 0 Å². The van der Waals surface area contributed by atoms with Crippen LogP contribution in [-0.2, 0) is 6.54 Å². The van der Waals surface area contributed by atoms with Crippen molar-refractivity contribution in [3.05, 3.63) is 53.3 Å². The van der Waals surface area contributed by atoms with E-state index in [9.17, 15) is 19.4 Å². The van der Waals surface area contributed by atoms with E-state index in [2.05, 4.69) is 0 Å². The van der Waals surface area contributed by atoms with Crippen molar-refractivity contribution in [3.8, 4) is 17.2 Å². The van der Waals surface area contributed by atoms with E-state index in [1.165, 1.54) is 12.1 Å². The van der Waals surface area contributed by atoms with Crippen molar-refractivity contribution < 1.29 is 24.1 Å². The van der Waals surface area contributed by atoms with Gasteiger partial charge in [-0.05, 0) is 55.2 Å². The summed E-state index contributed by atoms with van der Waals surface area (Å²) in [5, 5.41) is 19.0. The van der Waals surface area contributed by atoms with E-state index >= 15 is 0 Å². The van der Waals surface area contributed by atoms with E-state index in [4.69, 9.17) is 4.74 Å². The minimum Gasteiger partial charge on any atom is -0.508 e. The van der Waals surface area contributed by atoms with E-state index in [1.807, 2.05) is 11.0 Å². The molecule has 1 aliphatic carbocycles. The lowest BCUT2D eigenvalue weighted by atomic mass is 9.82.